The molecular formula is C21H16N2O3. The Labute approximate surface area is 151 Å². The summed E-state index contributed by atoms with van der Waals surface area (Å²) in [6.07, 6.45) is 2.36. The number of ether oxygens (including phenoxy) is 2. The van der Waals surface area contributed by atoms with Crippen molar-refractivity contribution in [1.82, 2.24) is 4.98 Å². The number of methoxy groups -OCH3 is 2. The molecular weight excluding hydrogens is 328 g/mol. The number of aldehydes is 1. The molecule has 3 rings (SSSR count). The van der Waals surface area contributed by atoms with Gasteiger partial charge in [-0.05, 0) is 35.9 Å². The van der Waals surface area contributed by atoms with Gasteiger partial charge in [0.15, 0.2) is 17.8 Å². The lowest BCUT2D eigenvalue weighted by atomic mass is 10.0. The minimum atomic E-state index is 0.314. The fourth-order valence-electron chi connectivity index (χ4n) is 2.73. The molecule has 3 aromatic rings. The zero-order valence-electron chi connectivity index (χ0n) is 14.4. The number of benzene rings is 2. The number of nitrogens with zero attached hydrogens (tertiary/aromatic N) is 2. The van der Waals surface area contributed by atoms with Gasteiger partial charge in [-0.25, -0.2) is 4.98 Å². The molecule has 5 heteroatoms. The molecule has 0 N–H and O–H groups in total. The Morgan fingerprint density at radius 1 is 1.12 bits per heavy atom. The molecule has 0 saturated heterocycles. The van der Waals surface area contributed by atoms with Crippen molar-refractivity contribution in [3.63, 3.8) is 0 Å². The van der Waals surface area contributed by atoms with Crippen LogP contribution in [0.25, 0.3) is 22.6 Å². The number of nitriles is 1. The highest BCUT2D eigenvalue weighted by Gasteiger charge is 2.14. The van der Waals surface area contributed by atoms with Crippen molar-refractivity contribution in [2.45, 2.75) is 0 Å². The zero-order chi connectivity index (χ0) is 18.5. The van der Waals surface area contributed by atoms with Crippen LogP contribution in [0.2, 0.25) is 0 Å². The fraction of sp³-hybridized carbons (Fsp3) is 0.0952. The standard InChI is InChI=1S/C21H16N2O3/c1-25-20-11-15(9-17(13-24)21(20)26-2)16(12-22)10-18-8-7-14-5-3-4-6-19(14)23-18/h3-11,13H,1-2H3/b16-10+. The van der Waals surface area contributed by atoms with Crippen LogP contribution in [0.15, 0.2) is 48.5 Å². The Bertz CT molecular complexity index is 1050. The van der Waals surface area contributed by atoms with Crippen LogP contribution in [0.4, 0.5) is 0 Å². The quantitative estimate of drug-likeness (QED) is 0.514. The highest BCUT2D eigenvalue weighted by molar-refractivity contribution is 5.93. The predicted molar refractivity (Wildman–Crippen MR) is 100 cm³/mol. The molecule has 0 aliphatic rings. The third-order valence-electron chi connectivity index (χ3n) is 3.98. The Kier molecular flexibility index (Phi) is 4.95. The average molecular weight is 344 g/mol. The normalized spacial score (nSPS) is 11.0. The third-order valence-corrected chi connectivity index (χ3v) is 3.98. The molecule has 0 aliphatic heterocycles. The molecule has 26 heavy (non-hydrogen) atoms. The second-order valence-corrected chi connectivity index (χ2v) is 5.52. The molecule has 1 aromatic heterocycles. The summed E-state index contributed by atoms with van der Waals surface area (Å²) in [7, 11) is 2.95. The van der Waals surface area contributed by atoms with Crippen LogP contribution in [0.1, 0.15) is 21.6 Å². The van der Waals surface area contributed by atoms with Crippen molar-refractivity contribution in [1.29, 1.82) is 5.26 Å². The van der Waals surface area contributed by atoms with E-state index in [0.717, 1.165) is 10.9 Å². The Hall–Kier alpha value is -3.65. The van der Waals surface area contributed by atoms with Gasteiger partial charge in [0.05, 0.1) is 42.6 Å². The maximum Gasteiger partial charge on any atom is 0.171 e. The Balaban J connectivity index is 2.11. The lowest BCUT2D eigenvalue weighted by Gasteiger charge is -2.12. The zero-order valence-corrected chi connectivity index (χ0v) is 14.4. The van der Waals surface area contributed by atoms with Gasteiger partial charge in [0, 0.05) is 5.39 Å². The Morgan fingerprint density at radius 3 is 2.62 bits per heavy atom. The predicted octanol–water partition coefficient (Wildman–Crippen LogP) is 4.13. The average Bonchev–Trinajstić information content (AvgIpc) is 2.70. The molecule has 0 saturated carbocycles. The van der Waals surface area contributed by atoms with Gasteiger partial charge < -0.3 is 9.47 Å². The molecule has 0 radical (unpaired) electrons. The Morgan fingerprint density at radius 2 is 1.92 bits per heavy atom. The molecule has 1 heterocycles. The lowest BCUT2D eigenvalue weighted by molar-refractivity contribution is 0.112. The van der Waals surface area contributed by atoms with Crippen molar-refractivity contribution < 1.29 is 14.3 Å². The van der Waals surface area contributed by atoms with Gasteiger partial charge in [0.1, 0.15) is 0 Å². The number of para-hydroxylation sites is 1. The largest absolute Gasteiger partial charge is 0.493 e. The van der Waals surface area contributed by atoms with E-state index in [2.05, 4.69) is 11.1 Å². The minimum Gasteiger partial charge on any atom is -0.493 e. The van der Waals surface area contributed by atoms with E-state index in [1.54, 1.807) is 18.2 Å². The monoisotopic (exact) mass is 344 g/mol. The number of hydrogen-bond donors (Lipinski definition) is 0. The first kappa shape index (κ1) is 17.2. The maximum absolute atomic E-state index is 11.4. The molecule has 5 nitrogen and oxygen atoms in total. The summed E-state index contributed by atoms with van der Waals surface area (Å²) in [6, 6.07) is 17.0. The number of rotatable bonds is 5. The number of carbonyl (C=O) groups is 1. The fourth-order valence-corrected chi connectivity index (χ4v) is 2.73. The molecule has 0 atom stereocenters. The smallest absolute Gasteiger partial charge is 0.171 e. The number of fused-ring (bicyclic) bond motifs is 1. The summed E-state index contributed by atoms with van der Waals surface area (Å²) in [4.78, 5) is 15.9. The number of carbonyl (C=O) groups excluding carboxylic acids is 1. The molecule has 0 bridgehead atoms. The molecule has 0 aliphatic carbocycles. The first-order valence-electron chi connectivity index (χ1n) is 7.89. The minimum absolute atomic E-state index is 0.314. The first-order chi connectivity index (χ1) is 12.7. The molecule has 0 fully saturated rings. The van der Waals surface area contributed by atoms with Crippen molar-refractivity contribution in [3.05, 3.63) is 65.4 Å². The van der Waals surface area contributed by atoms with Crippen LogP contribution in [0, 0.1) is 11.3 Å². The van der Waals surface area contributed by atoms with E-state index in [1.807, 2.05) is 36.4 Å². The van der Waals surface area contributed by atoms with E-state index in [0.29, 0.717) is 40.2 Å². The SMILES string of the molecule is COc1cc(/C(C#N)=C/c2ccc3ccccc3n2)cc(C=O)c1OC. The van der Waals surface area contributed by atoms with Crippen LogP contribution in [-0.2, 0) is 0 Å². The van der Waals surface area contributed by atoms with E-state index in [4.69, 9.17) is 9.47 Å². The van der Waals surface area contributed by atoms with Gasteiger partial charge in [0.2, 0.25) is 0 Å². The first-order valence-corrected chi connectivity index (χ1v) is 7.89. The molecule has 0 amide bonds. The van der Waals surface area contributed by atoms with E-state index < -0.39 is 0 Å². The summed E-state index contributed by atoms with van der Waals surface area (Å²) in [5.41, 5.74) is 2.75. The van der Waals surface area contributed by atoms with Crippen LogP contribution in [-0.4, -0.2) is 25.5 Å². The molecule has 0 unspecified atom stereocenters. The van der Waals surface area contributed by atoms with Crippen LogP contribution in [0.3, 0.4) is 0 Å². The second-order valence-electron chi connectivity index (χ2n) is 5.52. The van der Waals surface area contributed by atoms with Crippen LogP contribution >= 0.6 is 0 Å². The van der Waals surface area contributed by atoms with E-state index in [1.165, 1.54) is 14.2 Å². The summed E-state index contributed by atoms with van der Waals surface area (Å²) in [5.74, 6) is 0.729. The number of aromatic nitrogens is 1. The van der Waals surface area contributed by atoms with E-state index in [9.17, 15) is 10.1 Å². The number of hydrogen-bond acceptors (Lipinski definition) is 5. The van der Waals surface area contributed by atoms with Gasteiger partial charge >= 0.3 is 0 Å². The van der Waals surface area contributed by atoms with Crippen molar-refractivity contribution in [2.75, 3.05) is 14.2 Å². The highest BCUT2D eigenvalue weighted by atomic mass is 16.5. The van der Waals surface area contributed by atoms with E-state index >= 15 is 0 Å². The molecule has 2 aromatic carbocycles. The van der Waals surface area contributed by atoms with Gasteiger partial charge in [-0.3, -0.25) is 4.79 Å². The van der Waals surface area contributed by atoms with Crippen molar-refractivity contribution in [3.8, 4) is 17.6 Å². The summed E-state index contributed by atoms with van der Waals surface area (Å²) >= 11 is 0. The number of allylic oxidation sites excluding steroid dienone is 1. The summed E-state index contributed by atoms with van der Waals surface area (Å²) in [6.45, 7) is 0. The number of pyridine rings is 1. The summed E-state index contributed by atoms with van der Waals surface area (Å²) in [5, 5.41) is 10.6. The van der Waals surface area contributed by atoms with Crippen LogP contribution in [0.5, 0.6) is 11.5 Å². The highest BCUT2D eigenvalue weighted by Crippen LogP contribution is 2.34. The molecule has 0 spiro atoms. The third kappa shape index (κ3) is 3.26. The van der Waals surface area contributed by atoms with Gasteiger partial charge in [-0.1, -0.05) is 24.3 Å². The topological polar surface area (TPSA) is 72.2 Å². The van der Waals surface area contributed by atoms with Crippen molar-refractivity contribution in [2.24, 2.45) is 0 Å². The van der Waals surface area contributed by atoms with Gasteiger partial charge in [0.25, 0.3) is 0 Å². The second kappa shape index (κ2) is 7.49. The van der Waals surface area contributed by atoms with E-state index in [-0.39, 0.29) is 0 Å². The molecule has 128 valence electrons. The van der Waals surface area contributed by atoms with Crippen molar-refractivity contribution >= 4 is 28.8 Å². The summed E-state index contributed by atoms with van der Waals surface area (Å²) < 4.78 is 10.5. The lowest BCUT2D eigenvalue weighted by Crippen LogP contribution is -1.97. The van der Waals surface area contributed by atoms with Crippen LogP contribution < -0.4 is 9.47 Å². The van der Waals surface area contributed by atoms with Gasteiger partial charge in [-0.15, -0.1) is 0 Å². The van der Waals surface area contributed by atoms with Gasteiger partial charge in [-0.2, -0.15) is 5.26 Å². The maximum atomic E-state index is 11.4.